The molecule has 1 atom stereocenters. The molecule has 3 nitrogen and oxygen atoms in total. The first kappa shape index (κ1) is 16.3. The van der Waals surface area contributed by atoms with Crippen molar-refractivity contribution in [1.29, 1.82) is 0 Å². The van der Waals surface area contributed by atoms with Crippen LogP contribution >= 0.6 is 28.3 Å². The number of carbonyl (C=O) groups is 1. The van der Waals surface area contributed by atoms with E-state index in [0.29, 0.717) is 5.69 Å². The molecule has 1 fully saturated rings. The first-order valence-electron chi connectivity index (χ1n) is 5.24. The predicted molar refractivity (Wildman–Crippen MR) is 71.3 cm³/mol. The number of nitrogens with one attached hydrogen (secondary N) is 2. The average Bonchev–Trinajstić information content (AvgIpc) is 2.64. The Bertz CT molecular complexity index is 487. The van der Waals surface area contributed by atoms with Crippen LogP contribution in [-0.2, 0) is 4.79 Å². The van der Waals surface area contributed by atoms with E-state index in [-0.39, 0.29) is 16.9 Å². The van der Waals surface area contributed by atoms with Gasteiger partial charge in [0.15, 0.2) is 0 Å². The van der Waals surface area contributed by atoms with Crippen molar-refractivity contribution in [3.05, 3.63) is 28.5 Å². The summed E-state index contributed by atoms with van der Waals surface area (Å²) < 4.78 is 39.0. The molecule has 2 N–H and O–H groups in total. The van der Waals surface area contributed by atoms with E-state index in [1.54, 1.807) is 0 Å². The molecule has 1 amide bonds. The van der Waals surface area contributed by atoms with Crippen LogP contribution in [0.1, 0.15) is 6.42 Å². The second-order valence-electron chi connectivity index (χ2n) is 4.11. The smallest absolute Gasteiger partial charge is 0.262 e. The first-order chi connectivity index (χ1) is 8.37. The van der Waals surface area contributed by atoms with Gasteiger partial charge in [0, 0.05) is 12.1 Å². The van der Waals surface area contributed by atoms with Gasteiger partial charge in [-0.25, -0.2) is 13.2 Å². The summed E-state index contributed by atoms with van der Waals surface area (Å²) in [6.45, 7) is -0.502. The average molecular weight is 360 g/mol. The van der Waals surface area contributed by atoms with Crippen LogP contribution in [0.2, 0.25) is 0 Å². The van der Waals surface area contributed by atoms with Crippen molar-refractivity contribution >= 4 is 39.9 Å². The van der Waals surface area contributed by atoms with Crippen molar-refractivity contribution in [2.75, 3.05) is 11.9 Å². The molecule has 8 heteroatoms. The first-order valence-corrected chi connectivity index (χ1v) is 6.04. The summed E-state index contributed by atoms with van der Waals surface area (Å²) >= 11 is 2.98. The van der Waals surface area contributed by atoms with Crippen LogP contribution in [0.15, 0.2) is 22.7 Å². The zero-order valence-corrected chi connectivity index (χ0v) is 12.0. The molecule has 1 heterocycles. The Labute approximate surface area is 122 Å². The molecule has 0 saturated carbocycles. The third-order valence-electron chi connectivity index (χ3n) is 2.61. The number of anilines is 1. The molecule has 0 spiro atoms. The molecule has 0 bridgehead atoms. The lowest BCUT2D eigenvalue weighted by Crippen LogP contribution is -2.35. The predicted octanol–water partition coefficient (Wildman–Crippen LogP) is 2.95. The molecule has 0 aromatic heterocycles. The van der Waals surface area contributed by atoms with Crippen molar-refractivity contribution in [3.8, 4) is 0 Å². The Balaban J connectivity index is 0.00000180. The highest BCUT2D eigenvalue weighted by atomic mass is 79.9. The van der Waals surface area contributed by atoms with Gasteiger partial charge in [0.2, 0.25) is 5.91 Å². The maximum atomic E-state index is 13.0. The molecule has 1 aromatic rings. The van der Waals surface area contributed by atoms with E-state index in [4.69, 9.17) is 0 Å². The largest absolute Gasteiger partial charge is 0.325 e. The van der Waals surface area contributed by atoms with Gasteiger partial charge in [0.05, 0.1) is 17.1 Å². The second-order valence-corrected chi connectivity index (χ2v) is 4.97. The zero-order valence-electron chi connectivity index (χ0n) is 9.55. The molecule has 1 aromatic carbocycles. The van der Waals surface area contributed by atoms with Crippen LogP contribution in [0.25, 0.3) is 0 Å². The Morgan fingerprint density at radius 1 is 1.47 bits per heavy atom. The quantitative estimate of drug-likeness (QED) is 0.852. The normalized spacial score (nSPS) is 20.7. The van der Waals surface area contributed by atoms with Gasteiger partial charge in [-0.15, -0.1) is 12.4 Å². The lowest BCUT2D eigenvalue weighted by Gasteiger charge is -2.11. The molecule has 106 valence electrons. The van der Waals surface area contributed by atoms with Gasteiger partial charge in [-0.3, -0.25) is 10.1 Å². The van der Waals surface area contributed by atoms with Crippen molar-refractivity contribution in [2.45, 2.75) is 18.4 Å². The minimum atomic E-state index is -2.86. The zero-order chi connectivity index (χ0) is 13.3. The summed E-state index contributed by atoms with van der Waals surface area (Å²) in [5.74, 6) is -3.87. The number of hydrogen-bond donors (Lipinski definition) is 2. The van der Waals surface area contributed by atoms with E-state index in [2.05, 4.69) is 26.6 Å². The topological polar surface area (TPSA) is 41.1 Å². The molecule has 2 rings (SSSR count). The van der Waals surface area contributed by atoms with Crippen molar-refractivity contribution in [1.82, 2.24) is 5.32 Å². The van der Waals surface area contributed by atoms with Crippen LogP contribution in [0, 0.1) is 5.82 Å². The van der Waals surface area contributed by atoms with E-state index < -0.39 is 36.7 Å². The van der Waals surface area contributed by atoms with Crippen molar-refractivity contribution < 1.29 is 18.0 Å². The van der Waals surface area contributed by atoms with E-state index in [1.807, 2.05) is 0 Å². The van der Waals surface area contributed by atoms with Crippen LogP contribution in [-0.4, -0.2) is 24.4 Å². The third-order valence-corrected chi connectivity index (χ3v) is 3.22. The van der Waals surface area contributed by atoms with E-state index >= 15 is 0 Å². The lowest BCUT2D eigenvalue weighted by molar-refractivity contribution is -0.118. The Morgan fingerprint density at radius 2 is 2.16 bits per heavy atom. The molecule has 0 radical (unpaired) electrons. The van der Waals surface area contributed by atoms with Crippen LogP contribution in [0.5, 0.6) is 0 Å². The van der Waals surface area contributed by atoms with Gasteiger partial charge in [-0.05, 0) is 34.1 Å². The molecule has 19 heavy (non-hydrogen) atoms. The van der Waals surface area contributed by atoms with Gasteiger partial charge in [0.1, 0.15) is 5.82 Å². The Morgan fingerprint density at radius 3 is 2.68 bits per heavy atom. The molecule has 1 aliphatic rings. The Kier molecular flexibility index (Phi) is 5.23. The molecule has 1 saturated heterocycles. The van der Waals surface area contributed by atoms with Gasteiger partial charge in [0.25, 0.3) is 5.92 Å². The maximum absolute atomic E-state index is 13.0. The van der Waals surface area contributed by atoms with E-state index in [9.17, 15) is 18.0 Å². The summed E-state index contributed by atoms with van der Waals surface area (Å²) in [5.41, 5.74) is 0.352. The van der Waals surface area contributed by atoms with Gasteiger partial charge in [-0.1, -0.05) is 0 Å². The summed E-state index contributed by atoms with van der Waals surface area (Å²) in [6.07, 6.45) is -0.527. The summed E-state index contributed by atoms with van der Waals surface area (Å²) in [5, 5.41) is 4.90. The monoisotopic (exact) mass is 358 g/mol. The van der Waals surface area contributed by atoms with Crippen LogP contribution < -0.4 is 10.6 Å². The van der Waals surface area contributed by atoms with Gasteiger partial charge in [-0.2, -0.15) is 0 Å². The number of alkyl halides is 2. The summed E-state index contributed by atoms with van der Waals surface area (Å²) in [4.78, 5) is 11.7. The molecule has 1 aliphatic heterocycles. The standard InChI is InChI=1S/C11H10BrF3N2O.ClH/c12-7-3-6(1-2-8(7)13)17-10(18)9-4-11(14,15)5-16-9;/h1-3,9,16H,4-5H2,(H,17,18);1H. The lowest BCUT2D eigenvalue weighted by atomic mass is 10.2. The number of hydrogen-bond acceptors (Lipinski definition) is 2. The van der Waals surface area contributed by atoms with E-state index in [1.165, 1.54) is 18.2 Å². The fourth-order valence-electron chi connectivity index (χ4n) is 1.70. The van der Waals surface area contributed by atoms with Crippen LogP contribution in [0.4, 0.5) is 18.9 Å². The highest BCUT2D eigenvalue weighted by Gasteiger charge is 2.42. The number of halogens is 5. The van der Waals surface area contributed by atoms with Gasteiger partial charge >= 0.3 is 0 Å². The highest BCUT2D eigenvalue weighted by molar-refractivity contribution is 9.10. The van der Waals surface area contributed by atoms with Crippen molar-refractivity contribution in [2.24, 2.45) is 0 Å². The molecule has 0 aliphatic carbocycles. The van der Waals surface area contributed by atoms with Gasteiger partial charge < -0.3 is 5.32 Å². The SMILES string of the molecule is Cl.O=C(Nc1ccc(F)c(Br)c1)C1CC(F)(F)CN1. The minimum absolute atomic E-state index is 0. The fraction of sp³-hybridized carbons (Fsp3) is 0.364. The molecular weight excluding hydrogens is 348 g/mol. The van der Waals surface area contributed by atoms with Crippen molar-refractivity contribution in [3.63, 3.8) is 0 Å². The number of rotatable bonds is 2. The second kappa shape index (κ2) is 6.11. The van der Waals surface area contributed by atoms with E-state index in [0.717, 1.165) is 0 Å². The molecular formula is C11H11BrClF3N2O. The summed E-state index contributed by atoms with van der Waals surface area (Å²) in [6, 6.07) is 2.99. The maximum Gasteiger partial charge on any atom is 0.262 e. The highest BCUT2D eigenvalue weighted by Crippen LogP contribution is 2.26. The number of amides is 1. The third kappa shape index (κ3) is 4.09. The number of carbonyl (C=O) groups excluding carboxylic acids is 1. The fourth-order valence-corrected chi connectivity index (χ4v) is 2.08. The number of benzene rings is 1. The Hall–Kier alpha value is -0.790. The molecule has 1 unspecified atom stereocenters. The minimum Gasteiger partial charge on any atom is -0.325 e. The van der Waals surface area contributed by atoms with Crippen LogP contribution in [0.3, 0.4) is 0 Å². The summed E-state index contributed by atoms with van der Waals surface area (Å²) in [7, 11) is 0.